The van der Waals surface area contributed by atoms with Gasteiger partial charge in [0, 0.05) is 10.8 Å². The van der Waals surface area contributed by atoms with Crippen LogP contribution in [0.3, 0.4) is 0 Å². The zero-order chi connectivity index (χ0) is 26.9. The number of hydrogen-bond donors (Lipinski definition) is 1. The third-order valence-electron chi connectivity index (χ3n) is 3.89. The van der Waals surface area contributed by atoms with E-state index < -0.39 is 11.8 Å². The maximum Gasteiger partial charge on any atom is 0.506 e. The molecule has 0 radical (unpaired) electrons. The highest BCUT2D eigenvalue weighted by Gasteiger charge is 2.17. The first-order valence-electron chi connectivity index (χ1n) is 11.3. The van der Waals surface area contributed by atoms with Crippen LogP contribution < -0.4 is 0 Å². The largest absolute Gasteiger partial charge is 0.506 e. The number of rotatable bonds is 1. The molecule has 1 unspecified atom stereocenters. The molecular formula is C27H60O5. The summed E-state index contributed by atoms with van der Waals surface area (Å²) in [5, 5.41) is 8.03. The van der Waals surface area contributed by atoms with Gasteiger partial charge < -0.3 is 14.6 Å². The van der Waals surface area contributed by atoms with Crippen LogP contribution in [0.5, 0.6) is 0 Å². The standard InChI is InChI=1S/C8H18.C6H12O.C5H10O3.C5H10O.C2H6.CH4/c1-6-7(2)8(3,4)5;1-5(7)6(2,3)4;1-5(2,3)8-4(6)7;1-5(2,3)4-6;1-2;/h7H,6H2,1-5H3;1-4H3;1-3H3,(H,6,7);4H,1-3H3;1-2H3;1H4. The van der Waals surface area contributed by atoms with E-state index >= 15 is 0 Å². The topological polar surface area (TPSA) is 80.7 Å². The number of ketones is 1. The zero-order valence-corrected chi connectivity index (χ0v) is 23.9. The molecule has 0 fully saturated rings. The van der Waals surface area contributed by atoms with Gasteiger partial charge in [0.2, 0.25) is 0 Å². The molecule has 0 rings (SSSR count). The van der Waals surface area contributed by atoms with E-state index in [1.165, 1.54) is 6.42 Å². The molecule has 0 aromatic heterocycles. The summed E-state index contributed by atoms with van der Waals surface area (Å²) >= 11 is 0. The van der Waals surface area contributed by atoms with E-state index in [1.54, 1.807) is 27.7 Å². The van der Waals surface area contributed by atoms with Gasteiger partial charge in [-0.1, -0.05) is 104 Å². The van der Waals surface area contributed by atoms with Crippen molar-refractivity contribution in [1.29, 1.82) is 0 Å². The van der Waals surface area contributed by atoms with Crippen molar-refractivity contribution in [2.45, 2.75) is 137 Å². The number of carboxylic acid groups (broad SMARTS) is 1. The number of aldehydes is 1. The molecule has 1 atom stereocenters. The van der Waals surface area contributed by atoms with Crippen LogP contribution in [0.15, 0.2) is 0 Å². The Morgan fingerprint density at radius 1 is 0.875 bits per heavy atom. The predicted octanol–water partition coefficient (Wildman–Crippen LogP) is 9.07. The number of carbonyl (C=O) groups excluding carboxylic acids is 2. The summed E-state index contributed by atoms with van der Waals surface area (Å²) in [7, 11) is 0. The average molecular weight is 465 g/mol. The van der Waals surface area contributed by atoms with Gasteiger partial charge in [-0.05, 0) is 39.0 Å². The molecule has 0 aliphatic carbocycles. The number of Topliss-reactive ketones (excluding diaryl/α,β-unsaturated/α-hetero) is 1. The van der Waals surface area contributed by atoms with Crippen LogP contribution >= 0.6 is 0 Å². The van der Waals surface area contributed by atoms with Crippen LogP contribution in [0.1, 0.15) is 132 Å². The van der Waals surface area contributed by atoms with Gasteiger partial charge in [0.05, 0.1) is 0 Å². The van der Waals surface area contributed by atoms with Crippen LogP contribution in [0.2, 0.25) is 0 Å². The molecule has 0 aromatic rings. The monoisotopic (exact) mass is 464 g/mol. The van der Waals surface area contributed by atoms with Crippen molar-refractivity contribution < 1.29 is 24.2 Å². The maximum absolute atomic E-state index is 10.5. The Kier molecular flexibility index (Phi) is 28.0. The average Bonchev–Trinajstić information content (AvgIpc) is 2.53. The molecule has 0 saturated carbocycles. The van der Waals surface area contributed by atoms with E-state index in [9.17, 15) is 14.4 Å². The summed E-state index contributed by atoms with van der Waals surface area (Å²) in [4.78, 5) is 30.1. The smallest absolute Gasteiger partial charge is 0.450 e. The van der Waals surface area contributed by atoms with Gasteiger partial charge in [-0.25, -0.2) is 4.79 Å². The van der Waals surface area contributed by atoms with Crippen LogP contribution in [0.25, 0.3) is 0 Å². The van der Waals surface area contributed by atoms with E-state index in [0.29, 0.717) is 5.41 Å². The third kappa shape index (κ3) is 51.3. The Bertz CT molecular complexity index is 452. The van der Waals surface area contributed by atoms with Crippen molar-refractivity contribution in [2.24, 2.45) is 22.2 Å². The molecule has 0 saturated heterocycles. The Morgan fingerprint density at radius 3 is 1.12 bits per heavy atom. The minimum absolute atomic E-state index is 0. The Hall–Kier alpha value is -1.39. The summed E-state index contributed by atoms with van der Waals surface area (Å²) in [6.07, 6.45) is 1.01. The lowest BCUT2D eigenvalue weighted by atomic mass is 9.81. The van der Waals surface area contributed by atoms with Gasteiger partial charge >= 0.3 is 6.16 Å². The summed E-state index contributed by atoms with van der Waals surface area (Å²) < 4.78 is 4.35. The van der Waals surface area contributed by atoms with E-state index in [2.05, 4.69) is 39.4 Å². The molecule has 5 heteroatoms. The van der Waals surface area contributed by atoms with Crippen LogP contribution in [0, 0.1) is 22.2 Å². The SMILES string of the molecule is C.CC.CC(=O)C(C)(C)C.CC(C)(C)C=O.CC(C)(C)OC(=O)O.CCC(C)C(C)(C)C. The van der Waals surface area contributed by atoms with Crippen LogP contribution in [-0.2, 0) is 14.3 Å². The van der Waals surface area contributed by atoms with Gasteiger partial charge in [0.1, 0.15) is 17.7 Å². The van der Waals surface area contributed by atoms with Gasteiger partial charge in [0.25, 0.3) is 0 Å². The highest BCUT2D eigenvalue weighted by Crippen LogP contribution is 2.27. The van der Waals surface area contributed by atoms with Crippen molar-refractivity contribution in [3.05, 3.63) is 0 Å². The molecule has 1 N–H and O–H groups in total. The van der Waals surface area contributed by atoms with Crippen molar-refractivity contribution in [3.8, 4) is 0 Å². The molecule has 0 heterocycles. The van der Waals surface area contributed by atoms with Crippen molar-refractivity contribution in [3.63, 3.8) is 0 Å². The fourth-order valence-electron chi connectivity index (χ4n) is 0.874. The lowest BCUT2D eigenvalue weighted by Gasteiger charge is -2.25. The molecule has 0 aromatic carbocycles. The minimum atomic E-state index is -1.22. The Balaban J connectivity index is -0.0000000682. The Morgan fingerprint density at radius 2 is 1.12 bits per heavy atom. The fraction of sp³-hybridized carbons (Fsp3) is 0.889. The summed E-state index contributed by atoms with van der Waals surface area (Å²) in [5.41, 5.74) is -0.347. The first kappa shape index (κ1) is 44.3. The number of ether oxygens (including phenoxy) is 1. The van der Waals surface area contributed by atoms with Gasteiger partial charge in [-0.2, -0.15) is 0 Å². The molecule has 0 aliphatic heterocycles. The molecule has 32 heavy (non-hydrogen) atoms. The van der Waals surface area contributed by atoms with E-state index in [0.717, 1.165) is 12.2 Å². The third-order valence-corrected chi connectivity index (χ3v) is 3.89. The summed E-state index contributed by atoms with van der Waals surface area (Å²) in [6, 6.07) is 0. The molecular weight excluding hydrogens is 404 g/mol. The van der Waals surface area contributed by atoms with Crippen LogP contribution in [0.4, 0.5) is 4.79 Å². The number of carbonyl (C=O) groups is 3. The maximum atomic E-state index is 10.5. The summed E-state index contributed by atoms with van der Waals surface area (Å²) in [5.74, 6) is 1.09. The van der Waals surface area contributed by atoms with E-state index in [4.69, 9.17) is 5.11 Å². The summed E-state index contributed by atoms with van der Waals surface area (Å²) in [6.45, 7) is 33.4. The van der Waals surface area contributed by atoms with E-state index in [1.807, 2.05) is 55.4 Å². The second kappa shape index (κ2) is 20.2. The molecule has 0 amide bonds. The molecule has 198 valence electrons. The highest BCUT2D eigenvalue weighted by atomic mass is 16.7. The molecule has 5 nitrogen and oxygen atoms in total. The van der Waals surface area contributed by atoms with Crippen molar-refractivity contribution >= 4 is 18.2 Å². The zero-order valence-electron chi connectivity index (χ0n) is 23.9. The van der Waals surface area contributed by atoms with E-state index in [-0.39, 0.29) is 24.0 Å². The van der Waals surface area contributed by atoms with Gasteiger partial charge in [0.15, 0.2) is 0 Å². The predicted molar refractivity (Wildman–Crippen MR) is 142 cm³/mol. The van der Waals surface area contributed by atoms with Crippen LogP contribution in [-0.4, -0.2) is 28.9 Å². The van der Waals surface area contributed by atoms with Crippen molar-refractivity contribution in [1.82, 2.24) is 0 Å². The number of hydrogen-bond acceptors (Lipinski definition) is 4. The normalized spacial score (nSPS) is 11.5. The quantitative estimate of drug-likeness (QED) is 0.309. The fourth-order valence-corrected chi connectivity index (χ4v) is 0.874. The Labute approximate surface area is 202 Å². The second-order valence-electron chi connectivity index (χ2n) is 11.4. The molecule has 0 bridgehead atoms. The van der Waals surface area contributed by atoms with Gasteiger partial charge in [-0.3, -0.25) is 4.79 Å². The van der Waals surface area contributed by atoms with Gasteiger partial charge in [-0.15, -0.1) is 0 Å². The van der Waals surface area contributed by atoms with Crippen molar-refractivity contribution in [2.75, 3.05) is 0 Å². The first-order chi connectivity index (χ1) is 13.4. The highest BCUT2D eigenvalue weighted by molar-refractivity contribution is 5.80. The lowest BCUT2D eigenvalue weighted by molar-refractivity contribution is -0.124. The second-order valence-corrected chi connectivity index (χ2v) is 11.4. The minimum Gasteiger partial charge on any atom is -0.450 e. The first-order valence-corrected chi connectivity index (χ1v) is 11.3. The molecule has 0 aliphatic rings. The molecule has 0 spiro atoms. The lowest BCUT2D eigenvalue weighted by Crippen LogP contribution is -2.22.